The lowest BCUT2D eigenvalue weighted by Gasteiger charge is -2.27. The van der Waals surface area contributed by atoms with Gasteiger partial charge in [-0.15, -0.1) is 11.8 Å². The Morgan fingerprint density at radius 3 is 2.70 bits per heavy atom. The monoisotopic (exact) mass is 325 g/mol. The number of hydrogen-bond acceptors (Lipinski definition) is 2. The molecule has 0 aromatic heterocycles. The van der Waals surface area contributed by atoms with Gasteiger partial charge in [-0.25, -0.2) is 0 Å². The Morgan fingerprint density at radius 1 is 1.17 bits per heavy atom. The first-order valence-electron chi connectivity index (χ1n) is 8.25. The number of amides is 1. The maximum atomic E-state index is 12.6. The van der Waals surface area contributed by atoms with E-state index in [9.17, 15) is 4.79 Å². The van der Waals surface area contributed by atoms with Crippen LogP contribution in [-0.4, -0.2) is 11.2 Å². The molecule has 2 aromatic carbocycles. The topological polar surface area (TPSA) is 29.1 Å². The molecule has 1 aliphatic carbocycles. The van der Waals surface area contributed by atoms with E-state index in [0.29, 0.717) is 0 Å². The normalized spacial score (nSPS) is 18.1. The second kappa shape index (κ2) is 7.22. The Kier molecular flexibility index (Phi) is 5.06. The van der Waals surface area contributed by atoms with Crippen molar-refractivity contribution in [3.63, 3.8) is 0 Å². The van der Waals surface area contributed by atoms with Crippen LogP contribution in [0.25, 0.3) is 0 Å². The number of hydrogen-bond donors (Lipinski definition) is 1. The second-order valence-electron chi connectivity index (χ2n) is 6.23. The average molecular weight is 325 g/mol. The van der Waals surface area contributed by atoms with Crippen molar-refractivity contribution in [2.75, 3.05) is 0 Å². The SMILES string of the molecule is Cc1ccc(SC(C)C(=O)NC2CCCc3ccccc32)cc1. The van der Waals surface area contributed by atoms with Crippen LogP contribution in [0, 0.1) is 6.92 Å². The minimum Gasteiger partial charge on any atom is -0.348 e. The van der Waals surface area contributed by atoms with Gasteiger partial charge >= 0.3 is 0 Å². The van der Waals surface area contributed by atoms with Gasteiger partial charge in [0, 0.05) is 4.90 Å². The molecular weight excluding hydrogens is 302 g/mol. The van der Waals surface area contributed by atoms with Gasteiger partial charge in [0.15, 0.2) is 0 Å². The van der Waals surface area contributed by atoms with Crippen LogP contribution in [0.4, 0.5) is 0 Å². The van der Waals surface area contributed by atoms with Crippen LogP contribution >= 0.6 is 11.8 Å². The summed E-state index contributed by atoms with van der Waals surface area (Å²) in [6.45, 7) is 4.06. The predicted molar refractivity (Wildman–Crippen MR) is 96.8 cm³/mol. The zero-order valence-electron chi connectivity index (χ0n) is 13.7. The lowest BCUT2D eigenvalue weighted by Crippen LogP contribution is -2.35. The highest BCUT2D eigenvalue weighted by molar-refractivity contribution is 8.00. The van der Waals surface area contributed by atoms with Gasteiger partial charge < -0.3 is 5.32 Å². The largest absolute Gasteiger partial charge is 0.348 e. The number of aryl methyl sites for hydroxylation is 2. The average Bonchev–Trinajstić information content (AvgIpc) is 2.57. The molecule has 0 heterocycles. The van der Waals surface area contributed by atoms with Crippen LogP contribution in [0.2, 0.25) is 0 Å². The minimum atomic E-state index is -0.0909. The van der Waals surface area contributed by atoms with E-state index < -0.39 is 0 Å². The molecule has 1 N–H and O–H groups in total. The van der Waals surface area contributed by atoms with E-state index in [4.69, 9.17) is 0 Å². The van der Waals surface area contributed by atoms with E-state index in [1.807, 2.05) is 6.92 Å². The van der Waals surface area contributed by atoms with Crippen LogP contribution in [0.15, 0.2) is 53.4 Å². The molecule has 0 fully saturated rings. The van der Waals surface area contributed by atoms with Crippen molar-refractivity contribution in [2.24, 2.45) is 0 Å². The summed E-state index contributed by atoms with van der Waals surface area (Å²) in [5.41, 5.74) is 3.91. The van der Waals surface area contributed by atoms with E-state index in [1.165, 1.54) is 16.7 Å². The van der Waals surface area contributed by atoms with Crippen molar-refractivity contribution in [3.8, 4) is 0 Å². The lowest BCUT2D eigenvalue weighted by atomic mass is 9.88. The highest BCUT2D eigenvalue weighted by Gasteiger charge is 2.23. The Morgan fingerprint density at radius 2 is 1.91 bits per heavy atom. The summed E-state index contributed by atoms with van der Waals surface area (Å²) in [5, 5.41) is 3.16. The zero-order valence-corrected chi connectivity index (χ0v) is 14.5. The molecule has 3 rings (SSSR count). The van der Waals surface area contributed by atoms with Crippen LogP contribution < -0.4 is 5.32 Å². The van der Waals surface area contributed by atoms with Crippen molar-refractivity contribution in [2.45, 2.75) is 49.3 Å². The number of thioether (sulfide) groups is 1. The Balaban J connectivity index is 1.64. The number of nitrogens with one attached hydrogen (secondary N) is 1. The van der Waals surface area contributed by atoms with Crippen LogP contribution in [-0.2, 0) is 11.2 Å². The summed E-state index contributed by atoms with van der Waals surface area (Å²) in [5.74, 6) is 0.122. The molecule has 0 saturated carbocycles. The van der Waals surface area contributed by atoms with Gasteiger partial charge in [-0.2, -0.15) is 0 Å². The fraction of sp³-hybridized carbons (Fsp3) is 0.350. The molecular formula is C20H23NOS. The number of fused-ring (bicyclic) bond motifs is 1. The summed E-state index contributed by atoms with van der Waals surface area (Å²) in [7, 11) is 0. The zero-order chi connectivity index (χ0) is 16.2. The maximum Gasteiger partial charge on any atom is 0.233 e. The molecule has 23 heavy (non-hydrogen) atoms. The number of rotatable bonds is 4. The smallest absolute Gasteiger partial charge is 0.233 e. The summed E-state index contributed by atoms with van der Waals surface area (Å²) >= 11 is 1.62. The van der Waals surface area contributed by atoms with E-state index in [2.05, 4.69) is 60.8 Å². The second-order valence-corrected chi connectivity index (χ2v) is 7.64. The number of carbonyl (C=O) groups excluding carboxylic acids is 1. The van der Waals surface area contributed by atoms with Gasteiger partial charge in [-0.1, -0.05) is 42.0 Å². The Hall–Kier alpha value is -1.74. The highest BCUT2D eigenvalue weighted by Crippen LogP contribution is 2.30. The molecule has 0 aliphatic heterocycles. The van der Waals surface area contributed by atoms with Gasteiger partial charge in [-0.3, -0.25) is 4.79 Å². The van der Waals surface area contributed by atoms with Gasteiger partial charge in [0.1, 0.15) is 0 Å². The summed E-state index contributed by atoms with van der Waals surface area (Å²) < 4.78 is 0. The predicted octanol–water partition coefficient (Wildman–Crippen LogP) is 4.67. The van der Waals surface area contributed by atoms with E-state index in [0.717, 1.165) is 24.2 Å². The van der Waals surface area contributed by atoms with Crippen molar-refractivity contribution in [1.29, 1.82) is 0 Å². The van der Waals surface area contributed by atoms with E-state index in [1.54, 1.807) is 11.8 Å². The van der Waals surface area contributed by atoms with Crippen molar-refractivity contribution < 1.29 is 4.79 Å². The molecule has 1 aliphatic rings. The third-order valence-corrected chi connectivity index (χ3v) is 5.50. The first-order valence-corrected chi connectivity index (χ1v) is 9.13. The molecule has 1 amide bonds. The van der Waals surface area contributed by atoms with Crippen LogP contribution in [0.1, 0.15) is 42.5 Å². The van der Waals surface area contributed by atoms with Gasteiger partial charge in [-0.05, 0) is 56.4 Å². The molecule has 3 heteroatoms. The highest BCUT2D eigenvalue weighted by atomic mass is 32.2. The van der Waals surface area contributed by atoms with Gasteiger partial charge in [0.05, 0.1) is 11.3 Å². The third kappa shape index (κ3) is 3.97. The molecule has 2 nitrogen and oxygen atoms in total. The molecule has 0 spiro atoms. The maximum absolute atomic E-state index is 12.6. The third-order valence-electron chi connectivity index (χ3n) is 4.39. The van der Waals surface area contributed by atoms with Crippen molar-refractivity contribution in [3.05, 3.63) is 65.2 Å². The summed E-state index contributed by atoms with van der Waals surface area (Å²) in [6, 6.07) is 17.0. The molecule has 0 radical (unpaired) electrons. The summed E-state index contributed by atoms with van der Waals surface area (Å²) in [4.78, 5) is 13.7. The van der Waals surface area contributed by atoms with Crippen molar-refractivity contribution >= 4 is 17.7 Å². The van der Waals surface area contributed by atoms with Crippen LogP contribution in [0.3, 0.4) is 0 Å². The quantitative estimate of drug-likeness (QED) is 0.828. The standard InChI is InChI=1S/C20H23NOS/c1-14-10-12-17(13-11-14)23-15(2)20(22)21-19-9-5-7-16-6-3-4-8-18(16)19/h3-4,6,8,10-13,15,19H,5,7,9H2,1-2H3,(H,21,22). The van der Waals surface area contributed by atoms with E-state index >= 15 is 0 Å². The van der Waals surface area contributed by atoms with Gasteiger partial charge in [0.2, 0.25) is 5.91 Å². The lowest BCUT2D eigenvalue weighted by molar-refractivity contribution is -0.121. The molecule has 2 unspecified atom stereocenters. The summed E-state index contributed by atoms with van der Waals surface area (Å²) in [6.07, 6.45) is 3.29. The first kappa shape index (κ1) is 16.1. The molecule has 0 saturated heterocycles. The number of benzene rings is 2. The minimum absolute atomic E-state index is 0.0909. The molecule has 0 bridgehead atoms. The molecule has 2 atom stereocenters. The Bertz CT molecular complexity index is 680. The number of carbonyl (C=O) groups is 1. The van der Waals surface area contributed by atoms with Crippen LogP contribution in [0.5, 0.6) is 0 Å². The van der Waals surface area contributed by atoms with E-state index in [-0.39, 0.29) is 17.2 Å². The molecule has 120 valence electrons. The first-order chi connectivity index (χ1) is 11.1. The fourth-order valence-corrected chi connectivity index (χ4v) is 3.94. The Labute approximate surface area is 142 Å². The van der Waals surface area contributed by atoms with Gasteiger partial charge in [0.25, 0.3) is 0 Å². The fourth-order valence-electron chi connectivity index (χ4n) is 3.07. The van der Waals surface area contributed by atoms with Crippen molar-refractivity contribution in [1.82, 2.24) is 5.32 Å². The molecule has 2 aromatic rings.